The minimum absolute atomic E-state index is 0.102. The first kappa shape index (κ1) is 14.8. The van der Waals surface area contributed by atoms with Crippen molar-refractivity contribution in [3.05, 3.63) is 54.0 Å². The molecule has 0 unspecified atom stereocenters. The van der Waals surface area contributed by atoms with Crippen LogP contribution in [-0.4, -0.2) is 18.5 Å². The number of aryl methyl sites for hydroxylation is 1. The largest absolute Gasteiger partial charge is 0.469 e. The third-order valence-electron chi connectivity index (χ3n) is 2.86. The third-order valence-corrected chi connectivity index (χ3v) is 2.86. The Morgan fingerprint density at radius 3 is 2.57 bits per heavy atom. The number of benzene rings is 1. The SMILES string of the molecule is CCOC(=O)c1ccc(NC(=O)CCc2ccco2)cc1. The average molecular weight is 287 g/mol. The smallest absolute Gasteiger partial charge is 0.338 e. The Bertz CT molecular complexity index is 587. The van der Waals surface area contributed by atoms with Crippen molar-refractivity contribution in [2.75, 3.05) is 11.9 Å². The molecule has 1 heterocycles. The van der Waals surface area contributed by atoms with Crippen LogP contribution in [0.3, 0.4) is 0 Å². The van der Waals surface area contributed by atoms with Crippen LogP contribution < -0.4 is 5.32 Å². The van der Waals surface area contributed by atoms with E-state index in [1.54, 1.807) is 43.5 Å². The van der Waals surface area contributed by atoms with E-state index in [1.165, 1.54) is 0 Å². The first-order valence-corrected chi connectivity index (χ1v) is 6.78. The fourth-order valence-electron chi connectivity index (χ4n) is 1.82. The highest BCUT2D eigenvalue weighted by atomic mass is 16.5. The van der Waals surface area contributed by atoms with Gasteiger partial charge in [0.15, 0.2) is 0 Å². The number of amides is 1. The maximum atomic E-state index is 11.8. The van der Waals surface area contributed by atoms with Gasteiger partial charge < -0.3 is 14.5 Å². The van der Waals surface area contributed by atoms with Gasteiger partial charge in [-0.2, -0.15) is 0 Å². The fourth-order valence-corrected chi connectivity index (χ4v) is 1.82. The summed E-state index contributed by atoms with van der Waals surface area (Å²) in [5, 5.41) is 2.77. The molecule has 1 aromatic heterocycles. The number of anilines is 1. The standard InChI is InChI=1S/C16H17NO4/c1-2-20-16(19)12-5-7-13(8-6-12)17-15(18)10-9-14-4-3-11-21-14/h3-8,11H,2,9-10H2,1H3,(H,17,18). The van der Waals surface area contributed by atoms with Crippen molar-refractivity contribution in [3.8, 4) is 0 Å². The fraction of sp³-hybridized carbons (Fsp3) is 0.250. The molecule has 0 saturated carbocycles. The number of esters is 1. The molecule has 0 spiro atoms. The van der Waals surface area contributed by atoms with Crippen molar-refractivity contribution >= 4 is 17.6 Å². The highest BCUT2D eigenvalue weighted by Crippen LogP contribution is 2.12. The lowest BCUT2D eigenvalue weighted by molar-refractivity contribution is -0.116. The molecule has 0 aliphatic carbocycles. The van der Waals surface area contributed by atoms with Gasteiger partial charge in [-0.15, -0.1) is 0 Å². The zero-order valence-electron chi connectivity index (χ0n) is 11.8. The van der Waals surface area contributed by atoms with Gasteiger partial charge in [-0.25, -0.2) is 4.79 Å². The summed E-state index contributed by atoms with van der Waals surface area (Å²) < 4.78 is 10.1. The zero-order valence-corrected chi connectivity index (χ0v) is 11.8. The van der Waals surface area contributed by atoms with Crippen LogP contribution in [0.2, 0.25) is 0 Å². The van der Waals surface area contributed by atoms with Crippen LogP contribution in [0.5, 0.6) is 0 Å². The van der Waals surface area contributed by atoms with Crippen LogP contribution in [0.1, 0.15) is 29.5 Å². The number of nitrogens with one attached hydrogen (secondary N) is 1. The van der Waals surface area contributed by atoms with E-state index in [2.05, 4.69) is 5.32 Å². The van der Waals surface area contributed by atoms with Gasteiger partial charge in [0.2, 0.25) is 5.91 Å². The van der Waals surface area contributed by atoms with Crippen LogP contribution in [0.4, 0.5) is 5.69 Å². The zero-order chi connectivity index (χ0) is 15.1. The molecule has 5 nitrogen and oxygen atoms in total. The molecule has 21 heavy (non-hydrogen) atoms. The summed E-state index contributed by atoms with van der Waals surface area (Å²) in [6.07, 6.45) is 2.48. The summed E-state index contributed by atoms with van der Waals surface area (Å²) in [5.74, 6) is 0.311. The molecule has 110 valence electrons. The molecule has 1 amide bonds. The Hall–Kier alpha value is -2.56. The highest BCUT2D eigenvalue weighted by Gasteiger charge is 2.07. The number of carbonyl (C=O) groups is 2. The van der Waals surface area contributed by atoms with Crippen molar-refractivity contribution < 1.29 is 18.7 Å². The molecule has 0 saturated heterocycles. The van der Waals surface area contributed by atoms with Crippen LogP contribution in [-0.2, 0) is 16.0 Å². The monoisotopic (exact) mass is 287 g/mol. The lowest BCUT2D eigenvalue weighted by Crippen LogP contribution is -2.12. The second kappa shape index (κ2) is 7.28. The van der Waals surface area contributed by atoms with Crippen LogP contribution in [0, 0.1) is 0 Å². The van der Waals surface area contributed by atoms with E-state index < -0.39 is 0 Å². The van der Waals surface area contributed by atoms with Crippen molar-refractivity contribution in [1.29, 1.82) is 0 Å². The molecule has 5 heteroatoms. The maximum Gasteiger partial charge on any atom is 0.338 e. The lowest BCUT2D eigenvalue weighted by Gasteiger charge is -2.06. The van der Waals surface area contributed by atoms with Crippen LogP contribution >= 0.6 is 0 Å². The van der Waals surface area contributed by atoms with Gasteiger partial charge in [0, 0.05) is 18.5 Å². The summed E-state index contributed by atoms with van der Waals surface area (Å²) >= 11 is 0. The van der Waals surface area contributed by atoms with E-state index in [0.717, 1.165) is 5.76 Å². The summed E-state index contributed by atoms with van der Waals surface area (Å²) in [6.45, 7) is 2.09. The topological polar surface area (TPSA) is 68.5 Å². The van der Waals surface area contributed by atoms with Crippen LogP contribution in [0.25, 0.3) is 0 Å². The van der Waals surface area contributed by atoms with Gasteiger partial charge >= 0.3 is 5.97 Å². The van der Waals surface area contributed by atoms with Gasteiger partial charge in [0.05, 0.1) is 18.4 Å². The molecule has 0 atom stereocenters. The van der Waals surface area contributed by atoms with Crippen molar-refractivity contribution in [2.24, 2.45) is 0 Å². The Labute approximate surface area is 122 Å². The van der Waals surface area contributed by atoms with Gasteiger partial charge in [-0.05, 0) is 43.3 Å². The minimum atomic E-state index is -0.367. The van der Waals surface area contributed by atoms with Gasteiger partial charge in [-0.1, -0.05) is 0 Å². The van der Waals surface area contributed by atoms with E-state index in [9.17, 15) is 9.59 Å². The molecule has 1 aromatic carbocycles. The van der Waals surface area contributed by atoms with E-state index in [1.807, 2.05) is 6.07 Å². The van der Waals surface area contributed by atoms with Crippen molar-refractivity contribution in [2.45, 2.75) is 19.8 Å². The molecule has 2 aromatic rings. The van der Waals surface area contributed by atoms with Crippen LogP contribution in [0.15, 0.2) is 47.1 Å². The summed E-state index contributed by atoms with van der Waals surface area (Å²) in [6, 6.07) is 10.2. The number of rotatable bonds is 6. The maximum absolute atomic E-state index is 11.8. The van der Waals surface area contributed by atoms with E-state index >= 15 is 0 Å². The first-order chi connectivity index (χ1) is 10.2. The van der Waals surface area contributed by atoms with E-state index in [-0.39, 0.29) is 11.9 Å². The minimum Gasteiger partial charge on any atom is -0.469 e. The summed E-state index contributed by atoms with van der Waals surface area (Å²) in [4.78, 5) is 23.3. The molecule has 0 bridgehead atoms. The lowest BCUT2D eigenvalue weighted by atomic mass is 10.2. The molecule has 0 aliphatic rings. The normalized spacial score (nSPS) is 10.1. The number of furan rings is 1. The molecule has 1 N–H and O–H groups in total. The second-order valence-corrected chi connectivity index (χ2v) is 4.43. The Kier molecular flexibility index (Phi) is 5.15. The van der Waals surface area contributed by atoms with Crippen molar-refractivity contribution in [3.63, 3.8) is 0 Å². The predicted octanol–water partition coefficient (Wildman–Crippen LogP) is 3.03. The van der Waals surface area contributed by atoms with Gasteiger partial charge in [0.1, 0.15) is 5.76 Å². The highest BCUT2D eigenvalue weighted by molar-refractivity contribution is 5.93. The Balaban J connectivity index is 1.85. The Morgan fingerprint density at radius 2 is 1.95 bits per heavy atom. The predicted molar refractivity (Wildman–Crippen MR) is 78.1 cm³/mol. The van der Waals surface area contributed by atoms with E-state index in [4.69, 9.17) is 9.15 Å². The summed E-state index contributed by atoms with van der Waals surface area (Å²) in [7, 11) is 0. The number of carbonyl (C=O) groups excluding carboxylic acids is 2. The second-order valence-electron chi connectivity index (χ2n) is 4.43. The molecule has 2 rings (SSSR count). The molecule has 0 aliphatic heterocycles. The molecular formula is C16H17NO4. The molecular weight excluding hydrogens is 270 g/mol. The summed E-state index contributed by atoms with van der Waals surface area (Å²) in [5.41, 5.74) is 1.11. The van der Waals surface area contributed by atoms with Crippen molar-refractivity contribution in [1.82, 2.24) is 0 Å². The quantitative estimate of drug-likeness (QED) is 0.829. The average Bonchev–Trinajstić information content (AvgIpc) is 2.99. The number of ether oxygens (including phenoxy) is 1. The molecule has 0 fully saturated rings. The first-order valence-electron chi connectivity index (χ1n) is 6.78. The number of hydrogen-bond acceptors (Lipinski definition) is 4. The van der Waals surface area contributed by atoms with E-state index in [0.29, 0.717) is 30.7 Å². The van der Waals surface area contributed by atoms with Gasteiger partial charge in [0.25, 0.3) is 0 Å². The van der Waals surface area contributed by atoms with Gasteiger partial charge in [-0.3, -0.25) is 4.79 Å². The molecule has 0 radical (unpaired) electrons. The Morgan fingerprint density at radius 1 is 1.19 bits per heavy atom. The number of hydrogen-bond donors (Lipinski definition) is 1. The third kappa shape index (κ3) is 4.49.